The van der Waals surface area contributed by atoms with Crippen LogP contribution in [0.1, 0.15) is 29.8 Å². The van der Waals surface area contributed by atoms with Crippen LogP contribution < -0.4 is 10.6 Å². The molecule has 1 aliphatic heterocycles. The summed E-state index contributed by atoms with van der Waals surface area (Å²) in [5.41, 5.74) is 2.73. The largest absolute Gasteiger partial charge is 0.331 e. The van der Waals surface area contributed by atoms with Gasteiger partial charge < -0.3 is 15.5 Å². The zero-order valence-electron chi connectivity index (χ0n) is 17.0. The summed E-state index contributed by atoms with van der Waals surface area (Å²) in [5.74, 6) is -0.677. The minimum atomic E-state index is -0.532. The molecule has 0 fully saturated rings. The number of halogens is 4. The lowest BCUT2D eigenvalue weighted by atomic mass is 10.1. The highest BCUT2D eigenvalue weighted by molar-refractivity contribution is 6.33. The number of hydrogen-bond donors (Lipinski definition) is 2. The molecule has 2 aromatic carbocycles. The number of anilines is 2. The summed E-state index contributed by atoms with van der Waals surface area (Å²) in [6.45, 7) is 2.56. The molecule has 0 aliphatic carbocycles. The summed E-state index contributed by atoms with van der Waals surface area (Å²) in [5, 5.41) is 6.09. The van der Waals surface area contributed by atoms with Crippen LogP contribution in [0.4, 0.5) is 25.2 Å². The number of urea groups is 1. The summed E-state index contributed by atoms with van der Waals surface area (Å²) in [7, 11) is 0. The molecule has 1 aromatic heterocycles. The number of nitrogens with zero attached hydrogens (tertiary/aromatic N) is 3. The SMILES string of the molecule is C[C@@H](NC(=O)N1CCc2cnc(Nc3ccc(F)cc3Cl)nc2C1)c1ccc(Cl)c(F)c1. The number of carbonyl (C=O) groups excluding carboxylic acids is 1. The highest BCUT2D eigenvalue weighted by atomic mass is 35.5. The van der Waals surface area contributed by atoms with Crippen molar-refractivity contribution in [3.63, 3.8) is 0 Å². The van der Waals surface area contributed by atoms with Crippen molar-refractivity contribution in [2.24, 2.45) is 0 Å². The molecule has 2 N–H and O–H groups in total. The molecule has 0 radical (unpaired) electrons. The van der Waals surface area contributed by atoms with E-state index in [1.807, 2.05) is 0 Å². The van der Waals surface area contributed by atoms with E-state index >= 15 is 0 Å². The van der Waals surface area contributed by atoms with Crippen LogP contribution in [-0.2, 0) is 13.0 Å². The molecule has 166 valence electrons. The van der Waals surface area contributed by atoms with Gasteiger partial charge in [0.1, 0.15) is 11.6 Å². The fraction of sp³-hybridized carbons (Fsp3) is 0.227. The van der Waals surface area contributed by atoms with E-state index in [2.05, 4.69) is 20.6 Å². The predicted molar refractivity (Wildman–Crippen MR) is 119 cm³/mol. The molecule has 0 bridgehead atoms. The topological polar surface area (TPSA) is 70.2 Å². The van der Waals surface area contributed by atoms with Crippen LogP contribution in [0.3, 0.4) is 0 Å². The van der Waals surface area contributed by atoms with Gasteiger partial charge in [0.05, 0.1) is 34.0 Å². The number of amides is 2. The van der Waals surface area contributed by atoms with Crippen LogP contribution in [-0.4, -0.2) is 27.4 Å². The van der Waals surface area contributed by atoms with Crippen molar-refractivity contribution >= 4 is 40.9 Å². The molecule has 0 saturated carbocycles. The lowest BCUT2D eigenvalue weighted by Crippen LogP contribution is -2.43. The second kappa shape index (κ2) is 9.26. The van der Waals surface area contributed by atoms with Crippen molar-refractivity contribution in [2.75, 3.05) is 11.9 Å². The van der Waals surface area contributed by atoms with Crippen LogP contribution in [0.5, 0.6) is 0 Å². The van der Waals surface area contributed by atoms with Gasteiger partial charge in [-0.25, -0.2) is 23.5 Å². The van der Waals surface area contributed by atoms with Crippen molar-refractivity contribution in [1.29, 1.82) is 0 Å². The third-order valence-electron chi connectivity index (χ3n) is 5.19. The molecular formula is C22H19Cl2F2N5O. The van der Waals surface area contributed by atoms with E-state index in [1.165, 1.54) is 30.3 Å². The maximum Gasteiger partial charge on any atom is 0.318 e. The molecule has 0 saturated heterocycles. The smallest absolute Gasteiger partial charge is 0.318 e. The molecule has 1 atom stereocenters. The Bertz CT molecular complexity index is 1180. The summed E-state index contributed by atoms with van der Waals surface area (Å²) < 4.78 is 27.0. The molecule has 0 spiro atoms. The Hall–Kier alpha value is -2.97. The van der Waals surface area contributed by atoms with E-state index in [0.29, 0.717) is 35.9 Å². The fourth-order valence-electron chi connectivity index (χ4n) is 3.39. The quantitative estimate of drug-likeness (QED) is 0.510. The van der Waals surface area contributed by atoms with Gasteiger partial charge in [-0.3, -0.25) is 0 Å². The average molecular weight is 478 g/mol. The van der Waals surface area contributed by atoms with E-state index in [-0.39, 0.29) is 22.6 Å². The zero-order valence-corrected chi connectivity index (χ0v) is 18.5. The minimum absolute atomic E-state index is 0.0333. The molecule has 2 amide bonds. The summed E-state index contributed by atoms with van der Waals surface area (Å²) in [6, 6.07) is 7.74. The van der Waals surface area contributed by atoms with Crippen molar-refractivity contribution in [3.05, 3.63) is 81.1 Å². The number of fused-ring (bicyclic) bond motifs is 1. The second-order valence-corrected chi connectivity index (χ2v) is 8.25. The van der Waals surface area contributed by atoms with Crippen LogP contribution in [0.15, 0.2) is 42.6 Å². The zero-order chi connectivity index (χ0) is 22.8. The van der Waals surface area contributed by atoms with Crippen LogP contribution in [0.25, 0.3) is 0 Å². The lowest BCUT2D eigenvalue weighted by Gasteiger charge is -2.29. The van der Waals surface area contributed by atoms with E-state index in [0.717, 1.165) is 5.56 Å². The summed E-state index contributed by atoms with van der Waals surface area (Å²) in [4.78, 5) is 23.2. The van der Waals surface area contributed by atoms with Crippen molar-refractivity contribution in [3.8, 4) is 0 Å². The minimum Gasteiger partial charge on any atom is -0.331 e. The molecule has 10 heteroatoms. The van der Waals surface area contributed by atoms with E-state index in [1.54, 1.807) is 24.1 Å². The van der Waals surface area contributed by atoms with E-state index < -0.39 is 17.7 Å². The van der Waals surface area contributed by atoms with Gasteiger partial charge in [0.15, 0.2) is 0 Å². The number of hydrogen-bond acceptors (Lipinski definition) is 4. The Balaban J connectivity index is 1.44. The van der Waals surface area contributed by atoms with Gasteiger partial charge in [0.2, 0.25) is 5.95 Å². The first-order valence-electron chi connectivity index (χ1n) is 9.87. The Morgan fingerprint density at radius 2 is 1.97 bits per heavy atom. The normalized spacial score (nSPS) is 14.0. The number of aromatic nitrogens is 2. The summed E-state index contributed by atoms with van der Waals surface area (Å²) >= 11 is 11.8. The highest BCUT2D eigenvalue weighted by Gasteiger charge is 2.24. The average Bonchev–Trinajstić information content (AvgIpc) is 2.77. The number of nitrogens with one attached hydrogen (secondary N) is 2. The third-order valence-corrected chi connectivity index (χ3v) is 5.81. The molecule has 32 heavy (non-hydrogen) atoms. The Morgan fingerprint density at radius 1 is 1.16 bits per heavy atom. The van der Waals surface area contributed by atoms with Gasteiger partial charge >= 0.3 is 6.03 Å². The highest BCUT2D eigenvalue weighted by Crippen LogP contribution is 2.26. The fourth-order valence-corrected chi connectivity index (χ4v) is 3.72. The molecule has 6 nitrogen and oxygen atoms in total. The Labute approximate surface area is 193 Å². The molecule has 1 aliphatic rings. The van der Waals surface area contributed by atoms with E-state index in [9.17, 15) is 13.6 Å². The van der Waals surface area contributed by atoms with Gasteiger partial charge in [-0.1, -0.05) is 29.3 Å². The lowest BCUT2D eigenvalue weighted by molar-refractivity contribution is 0.188. The first-order valence-corrected chi connectivity index (χ1v) is 10.6. The molecule has 2 heterocycles. The Kier molecular flexibility index (Phi) is 6.43. The van der Waals surface area contributed by atoms with Gasteiger partial charge in [0, 0.05) is 12.7 Å². The maximum absolute atomic E-state index is 13.7. The third kappa shape index (κ3) is 4.92. The van der Waals surface area contributed by atoms with Crippen LogP contribution in [0.2, 0.25) is 10.0 Å². The van der Waals surface area contributed by atoms with Crippen LogP contribution >= 0.6 is 23.2 Å². The molecule has 4 rings (SSSR count). The predicted octanol–water partition coefficient (Wildman–Crippen LogP) is 5.63. The van der Waals surface area contributed by atoms with Crippen LogP contribution in [0, 0.1) is 11.6 Å². The van der Waals surface area contributed by atoms with E-state index in [4.69, 9.17) is 23.2 Å². The standard InChI is InChI=1S/C22H19Cl2F2N5O/c1-12(13-2-4-16(23)18(26)8-13)28-22(32)31-7-6-14-10-27-21(30-20(14)11-31)29-19-5-3-15(25)9-17(19)24/h2-5,8-10,12H,6-7,11H2,1H3,(H,28,32)(H,27,29,30)/t12-/m1/s1. The molecular weight excluding hydrogens is 459 g/mol. The molecule has 3 aromatic rings. The van der Waals surface area contributed by atoms with Gasteiger partial charge in [-0.05, 0) is 54.8 Å². The van der Waals surface area contributed by atoms with Gasteiger partial charge in [-0.15, -0.1) is 0 Å². The monoisotopic (exact) mass is 477 g/mol. The van der Waals surface area contributed by atoms with Crippen molar-refractivity contribution in [2.45, 2.75) is 25.9 Å². The number of rotatable bonds is 4. The number of carbonyl (C=O) groups is 1. The summed E-state index contributed by atoms with van der Waals surface area (Å²) in [6.07, 6.45) is 2.31. The first-order chi connectivity index (χ1) is 15.3. The number of benzene rings is 2. The maximum atomic E-state index is 13.7. The molecule has 0 unspecified atom stereocenters. The van der Waals surface area contributed by atoms with Gasteiger partial charge in [0.25, 0.3) is 0 Å². The Morgan fingerprint density at radius 3 is 2.72 bits per heavy atom. The van der Waals surface area contributed by atoms with Crippen molar-refractivity contribution in [1.82, 2.24) is 20.2 Å². The van der Waals surface area contributed by atoms with Gasteiger partial charge in [-0.2, -0.15) is 0 Å². The van der Waals surface area contributed by atoms with Crippen molar-refractivity contribution < 1.29 is 13.6 Å². The second-order valence-electron chi connectivity index (χ2n) is 7.43. The first kappa shape index (κ1) is 22.2.